The van der Waals surface area contributed by atoms with Crippen LogP contribution in [-0.2, 0) is 38.0 Å². The molecule has 2 aromatic carbocycles. The quantitative estimate of drug-likeness (QED) is 0.245. The van der Waals surface area contributed by atoms with Gasteiger partial charge < -0.3 is 9.84 Å². The van der Waals surface area contributed by atoms with Gasteiger partial charge in [-0.05, 0) is 146 Å². The molecule has 0 radical (unpaired) electrons. The molecular formula is C41H54O5. The van der Waals surface area contributed by atoms with Crippen LogP contribution in [0, 0.1) is 17.3 Å². The van der Waals surface area contributed by atoms with E-state index in [1.807, 2.05) is 6.92 Å². The van der Waals surface area contributed by atoms with Crippen molar-refractivity contribution >= 4 is 18.2 Å². The van der Waals surface area contributed by atoms with E-state index >= 15 is 4.79 Å². The molecule has 0 heterocycles. The summed E-state index contributed by atoms with van der Waals surface area (Å²) in [6.45, 7) is 18.0. The normalized spacial score (nSPS) is 33.4. The minimum atomic E-state index is -0.761. The van der Waals surface area contributed by atoms with E-state index in [2.05, 4.69) is 72.7 Å². The number of aliphatic carboxylic acids is 1. The fourth-order valence-corrected chi connectivity index (χ4v) is 11.0. The van der Waals surface area contributed by atoms with E-state index in [0.29, 0.717) is 12.9 Å². The molecule has 6 atom stereocenters. The van der Waals surface area contributed by atoms with Crippen molar-refractivity contribution in [2.24, 2.45) is 17.3 Å². The van der Waals surface area contributed by atoms with Crippen LogP contribution in [0.1, 0.15) is 168 Å². The number of carboxylic acids is 1. The van der Waals surface area contributed by atoms with Gasteiger partial charge in [-0.3, -0.25) is 14.4 Å². The summed E-state index contributed by atoms with van der Waals surface area (Å²) in [5.74, 6) is -0.0298. The largest absolute Gasteiger partial charge is 0.481 e. The Morgan fingerprint density at radius 1 is 0.761 bits per heavy atom. The number of hydrogen-bond acceptors (Lipinski definition) is 4. The first-order valence-electron chi connectivity index (χ1n) is 17.8. The summed E-state index contributed by atoms with van der Waals surface area (Å²) in [4.78, 5) is 39.3. The van der Waals surface area contributed by atoms with E-state index in [-0.39, 0.29) is 40.3 Å². The Balaban J connectivity index is 1.51. The number of ether oxygens (including phenoxy) is 1. The average Bonchev–Trinajstić information content (AvgIpc) is 2.99. The molecule has 46 heavy (non-hydrogen) atoms. The zero-order chi connectivity index (χ0) is 33.4. The van der Waals surface area contributed by atoms with Gasteiger partial charge in [-0.1, -0.05) is 60.1 Å². The van der Waals surface area contributed by atoms with Crippen LogP contribution < -0.4 is 0 Å². The van der Waals surface area contributed by atoms with Gasteiger partial charge in [0.05, 0.1) is 5.41 Å². The molecule has 1 N–H and O–H groups in total. The fourth-order valence-electron chi connectivity index (χ4n) is 11.0. The molecule has 2 saturated carbocycles. The van der Waals surface area contributed by atoms with Crippen molar-refractivity contribution in [1.82, 2.24) is 0 Å². The van der Waals surface area contributed by atoms with Gasteiger partial charge in [-0.2, -0.15) is 0 Å². The molecule has 0 saturated heterocycles. The van der Waals surface area contributed by atoms with E-state index in [1.165, 1.54) is 22.3 Å². The summed E-state index contributed by atoms with van der Waals surface area (Å²) in [5.41, 5.74) is 7.06. The molecule has 2 fully saturated rings. The molecule has 2 aromatic rings. The monoisotopic (exact) mass is 626 g/mol. The highest BCUT2D eigenvalue weighted by atomic mass is 16.5. The lowest BCUT2D eigenvalue weighted by atomic mass is 9.49. The van der Waals surface area contributed by atoms with Gasteiger partial charge in [0.1, 0.15) is 5.60 Å². The highest BCUT2D eigenvalue weighted by Crippen LogP contribution is 2.58. The molecule has 0 bridgehead atoms. The third-order valence-electron chi connectivity index (χ3n) is 13.5. The van der Waals surface area contributed by atoms with Crippen molar-refractivity contribution in [2.75, 3.05) is 0 Å². The summed E-state index contributed by atoms with van der Waals surface area (Å²) < 4.78 is 5.82. The van der Waals surface area contributed by atoms with Gasteiger partial charge in [0.15, 0.2) is 5.78 Å². The molecule has 4 aliphatic rings. The number of aryl methyl sites for hydroxylation is 2. The topological polar surface area (TPSA) is 80.7 Å². The van der Waals surface area contributed by atoms with Crippen LogP contribution in [0.4, 0.5) is 0 Å². The smallest absolute Gasteiger partial charge is 0.309 e. The minimum absolute atomic E-state index is 0.0349. The summed E-state index contributed by atoms with van der Waals surface area (Å²) >= 11 is 0. The predicted molar refractivity (Wildman–Crippen MR) is 182 cm³/mol. The number of benzene rings is 2. The maximum absolute atomic E-state index is 15.1. The number of hydrogen-bond donors (Lipinski definition) is 1. The van der Waals surface area contributed by atoms with Crippen molar-refractivity contribution < 1.29 is 24.2 Å². The lowest BCUT2D eigenvalue weighted by Crippen LogP contribution is -2.54. The van der Waals surface area contributed by atoms with Gasteiger partial charge in [0.25, 0.3) is 6.47 Å². The summed E-state index contributed by atoms with van der Waals surface area (Å²) in [6, 6.07) is 9.01. The maximum Gasteiger partial charge on any atom is 0.309 e. The number of rotatable bonds is 7. The first-order chi connectivity index (χ1) is 21.6. The standard InChI is InChI=1S/C41H54O5/c1-24(2)28-19-26-11-13-34-38(5,15-9-17-40(34,7)37(44)45)32(26)21-30(28)36(43)31-22-33-27(20-29(31)25(3)4)12-14-35-39(33,6)16-10-18-41(35,8)46-23-42/h19-25,34-35H,9-18H2,1-8H3,(H,44,45). The number of carbonyl (C=O) groups is 3. The van der Waals surface area contributed by atoms with E-state index in [9.17, 15) is 14.7 Å². The molecule has 0 spiro atoms. The number of fused-ring (bicyclic) bond motifs is 6. The third kappa shape index (κ3) is 4.81. The van der Waals surface area contributed by atoms with Gasteiger partial charge in [-0.25, -0.2) is 0 Å². The lowest BCUT2D eigenvalue weighted by Gasteiger charge is -2.54. The number of ketones is 1. The SMILES string of the molecule is CC(C)c1cc2c(cc1C(=O)c1cc3c(cc1C(C)C)CCC1C(C)(C(=O)O)CCCC31C)C1(C)CCCC(C)(OC=O)C1CC2. The molecule has 4 aliphatic carbocycles. The number of carbonyl (C=O) groups excluding carboxylic acids is 2. The molecule has 0 amide bonds. The first kappa shape index (κ1) is 33.0. The molecule has 6 rings (SSSR count). The Morgan fingerprint density at radius 3 is 1.72 bits per heavy atom. The van der Waals surface area contributed by atoms with Crippen molar-refractivity contribution in [3.05, 3.63) is 68.8 Å². The summed E-state index contributed by atoms with van der Waals surface area (Å²) in [6.07, 6.45) is 8.98. The Hall–Kier alpha value is -2.95. The van der Waals surface area contributed by atoms with Crippen molar-refractivity contribution in [2.45, 2.75) is 148 Å². The molecule has 0 aromatic heterocycles. The van der Waals surface area contributed by atoms with Crippen LogP contribution in [0.25, 0.3) is 0 Å². The zero-order valence-electron chi connectivity index (χ0n) is 29.3. The maximum atomic E-state index is 15.1. The van der Waals surface area contributed by atoms with Gasteiger partial charge >= 0.3 is 5.97 Å². The molecular weight excluding hydrogens is 572 g/mol. The fraction of sp³-hybridized carbons (Fsp3) is 0.634. The van der Waals surface area contributed by atoms with Gasteiger partial charge in [0.2, 0.25) is 0 Å². The van der Waals surface area contributed by atoms with Crippen LogP contribution in [-0.4, -0.2) is 28.9 Å². The predicted octanol–water partition coefficient (Wildman–Crippen LogP) is 9.20. The Bertz CT molecular complexity index is 1590. The lowest BCUT2D eigenvalue weighted by molar-refractivity contribution is -0.159. The molecule has 248 valence electrons. The van der Waals surface area contributed by atoms with E-state index in [1.54, 1.807) is 0 Å². The summed E-state index contributed by atoms with van der Waals surface area (Å²) in [7, 11) is 0. The second-order valence-corrected chi connectivity index (χ2v) is 16.8. The average molecular weight is 627 g/mol. The Morgan fingerprint density at radius 2 is 1.24 bits per heavy atom. The van der Waals surface area contributed by atoms with E-state index < -0.39 is 17.0 Å². The second kappa shape index (κ2) is 11.3. The number of carboxylic acid groups (broad SMARTS) is 1. The molecule has 6 unspecified atom stereocenters. The summed E-state index contributed by atoms with van der Waals surface area (Å²) in [5, 5.41) is 10.4. The van der Waals surface area contributed by atoms with Crippen LogP contribution in [0.2, 0.25) is 0 Å². The highest BCUT2D eigenvalue weighted by molar-refractivity contribution is 6.11. The first-order valence-corrected chi connectivity index (χ1v) is 17.8. The van der Waals surface area contributed by atoms with E-state index in [4.69, 9.17) is 4.74 Å². The van der Waals surface area contributed by atoms with Gasteiger partial charge in [-0.15, -0.1) is 0 Å². The Labute approximate surface area is 275 Å². The third-order valence-corrected chi connectivity index (χ3v) is 13.5. The highest BCUT2D eigenvalue weighted by Gasteiger charge is 2.56. The van der Waals surface area contributed by atoms with Gasteiger partial charge in [0, 0.05) is 17.0 Å². The zero-order valence-corrected chi connectivity index (χ0v) is 29.3. The second-order valence-electron chi connectivity index (χ2n) is 16.8. The Kier molecular flexibility index (Phi) is 8.13. The van der Waals surface area contributed by atoms with E-state index in [0.717, 1.165) is 80.0 Å². The van der Waals surface area contributed by atoms with Crippen molar-refractivity contribution in [1.29, 1.82) is 0 Å². The van der Waals surface area contributed by atoms with Crippen molar-refractivity contribution in [3.63, 3.8) is 0 Å². The van der Waals surface area contributed by atoms with Crippen LogP contribution in [0.5, 0.6) is 0 Å². The van der Waals surface area contributed by atoms with Crippen LogP contribution in [0.3, 0.4) is 0 Å². The van der Waals surface area contributed by atoms with Crippen molar-refractivity contribution in [3.8, 4) is 0 Å². The van der Waals surface area contributed by atoms with Crippen LogP contribution >= 0.6 is 0 Å². The molecule has 5 heteroatoms. The van der Waals surface area contributed by atoms with Crippen LogP contribution in [0.15, 0.2) is 24.3 Å². The molecule has 5 nitrogen and oxygen atoms in total. The molecule has 0 aliphatic heterocycles. The minimum Gasteiger partial charge on any atom is -0.481 e.